The van der Waals surface area contributed by atoms with Crippen LogP contribution in [0.2, 0.25) is 0 Å². The fourth-order valence-electron chi connectivity index (χ4n) is 1.94. The van der Waals surface area contributed by atoms with Crippen LogP contribution in [0, 0.1) is 6.92 Å². The molecule has 0 amide bonds. The minimum Gasteiger partial charge on any atom is -0.395 e. The number of aryl methyl sites for hydroxylation is 1. The molecule has 0 atom stereocenters. The summed E-state index contributed by atoms with van der Waals surface area (Å²) >= 11 is 5.09. The van der Waals surface area contributed by atoms with Crippen LogP contribution in [0.5, 0.6) is 0 Å². The Balaban J connectivity index is 2.00. The van der Waals surface area contributed by atoms with Crippen molar-refractivity contribution in [2.75, 3.05) is 11.1 Å². The Morgan fingerprint density at radius 1 is 1.26 bits per heavy atom. The molecule has 5 heteroatoms. The summed E-state index contributed by atoms with van der Waals surface area (Å²) < 4.78 is 2.20. The summed E-state index contributed by atoms with van der Waals surface area (Å²) in [6, 6.07) is 10.1. The lowest BCUT2D eigenvalue weighted by Crippen LogP contribution is -1.97. The zero-order valence-electron chi connectivity index (χ0n) is 10.3. The van der Waals surface area contributed by atoms with Crippen LogP contribution in [-0.2, 0) is 0 Å². The van der Waals surface area contributed by atoms with Crippen LogP contribution in [0.25, 0.3) is 10.2 Å². The molecule has 0 aliphatic rings. The molecule has 3 aromatic rings. The van der Waals surface area contributed by atoms with E-state index in [2.05, 4.69) is 39.2 Å². The molecule has 19 heavy (non-hydrogen) atoms. The smallest absolute Gasteiger partial charge is 0.106 e. The monoisotopic (exact) mass is 333 g/mol. The number of rotatable bonds is 2. The number of nitrogens with two attached hydrogens (primary N) is 1. The van der Waals surface area contributed by atoms with Crippen LogP contribution >= 0.6 is 27.3 Å². The summed E-state index contributed by atoms with van der Waals surface area (Å²) in [5, 5.41) is 3.34. The highest BCUT2D eigenvalue weighted by Crippen LogP contribution is 2.32. The molecule has 0 aliphatic heterocycles. The third kappa shape index (κ3) is 2.31. The van der Waals surface area contributed by atoms with Crippen molar-refractivity contribution in [2.24, 2.45) is 0 Å². The average molecular weight is 334 g/mol. The highest BCUT2D eigenvalue weighted by Gasteiger charge is 2.07. The molecule has 0 saturated carbocycles. The molecule has 2 aromatic carbocycles. The molecule has 3 rings (SSSR count). The first kappa shape index (κ1) is 12.4. The first-order valence-corrected chi connectivity index (χ1v) is 7.47. The van der Waals surface area contributed by atoms with Gasteiger partial charge in [-0.2, -0.15) is 0 Å². The van der Waals surface area contributed by atoms with Gasteiger partial charge >= 0.3 is 0 Å². The fourth-order valence-corrected chi connectivity index (χ4v) is 2.88. The Kier molecular flexibility index (Phi) is 3.16. The Bertz CT molecular complexity index is 752. The number of hydrogen-bond acceptors (Lipinski definition) is 4. The fraction of sp³-hybridized carbons (Fsp3) is 0.0714. The highest BCUT2D eigenvalue weighted by atomic mass is 79.9. The molecule has 3 nitrogen and oxygen atoms in total. The van der Waals surface area contributed by atoms with Crippen LogP contribution in [-0.4, -0.2) is 4.98 Å². The average Bonchev–Trinajstić information content (AvgIpc) is 2.86. The first-order chi connectivity index (χ1) is 9.15. The van der Waals surface area contributed by atoms with Gasteiger partial charge in [0.15, 0.2) is 0 Å². The van der Waals surface area contributed by atoms with Crippen LogP contribution in [0.1, 0.15) is 5.56 Å². The van der Waals surface area contributed by atoms with Gasteiger partial charge in [0.1, 0.15) is 5.52 Å². The third-order valence-electron chi connectivity index (χ3n) is 2.98. The van der Waals surface area contributed by atoms with E-state index in [1.54, 1.807) is 11.3 Å². The predicted octanol–water partition coefficient (Wildman–Crippen LogP) is 4.69. The van der Waals surface area contributed by atoms with Gasteiger partial charge in [0, 0.05) is 10.2 Å². The molecule has 1 aromatic heterocycles. The van der Waals surface area contributed by atoms with Gasteiger partial charge in [0.25, 0.3) is 0 Å². The zero-order chi connectivity index (χ0) is 13.4. The Hall–Kier alpha value is -1.59. The number of anilines is 3. The van der Waals surface area contributed by atoms with Crippen LogP contribution in [0.15, 0.2) is 40.3 Å². The molecule has 0 radical (unpaired) electrons. The lowest BCUT2D eigenvalue weighted by Gasteiger charge is -2.11. The number of halogens is 1. The number of thiazole rings is 1. The van der Waals surface area contributed by atoms with Crippen molar-refractivity contribution >= 4 is 54.5 Å². The highest BCUT2D eigenvalue weighted by molar-refractivity contribution is 9.10. The van der Waals surface area contributed by atoms with Crippen LogP contribution in [0.4, 0.5) is 17.1 Å². The SMILES string of the molecule is Cc1cc(Nc2ccc3scnc3c2N)ccc1Br. The maximum Gasteiger partial charge on any atom is 0.106 e. The summed E-state index contributed by atoms with van der Waals surface area (Å²) in [7, 11) is 0. The summed E-state index contributed by atoms with van der Waals surface area (Å²) in [6.45, 7) is 2.06. The molecule has 0 bridgehead atoms. The van der Waals surface area contributed by atoms with E-state index in [4.69, 9.17) is 5.73 Å². The van der Waals surface area contributed by atoms with Crippen molar-refractivity contribution in [2.45, 2.75) is 6.92 Å². The van der Waals surface area contributed by atoms with E-state index in [1.165, 1.54) is 5.56 Å². The van der Waals surface area contributed by atoms with E-state index < -0.39 is 0 Å². The Labute approximate surface area is 123 Å². The van der Waals surface area contributed by atoms with Crippen molar-refractivity contribution in [3.63, 3.8) is 0 Å². The van der Waals surface area contributed by atoms with Gasteiger partial charge in [-0.1, -0.05) is 15.9 Å². The van der Waals surface area contributed by atoms with Gasteiger partial charge in [-0.05, 0) is 42.8 Å². The van der Waals surface area contributed by atoms with Gasteiger partial charge in [-0.25, -0.2) is 4.98 Å². The summed E-state index contributed by atoms with van der Waals surface area (Å²) in [5.74, 6) is 0. The maximum atomic E-state index is 6.15. The van der Waals surface area contributed by atoms with Crippen molar-refractivity contribution in [3.05, 3.63) is 45.9 Å². The van der Waals surface area contributed by atoms with Crippen LogP contribution in [0.3, 0.4) is 0 Å². The largest absolute Gasteiger partial charge is 0.395 e. The number of nitrogens with one attached hydrogen (secondary N) is 1. The Morgan fingerprint density at radius 3 is 2.89 bits per heavy atom. The normalized spacial score (nSPS) is 10.8. The molecule has 0 spiro atoms. The number of fused-ring (bicyclic) bond motifs is 1. The minimum absolute atomic E-state index is 0.694. The van der Waals surface area contributed by atoms with Crippen LogP contribution < -0.4 is 11.1 Å². The summed E-state index contributed by atoms with van der Waals surface area (Å²) in [4.78, 5) is 4.30. The molecular formula is C14H12BrN3S. The van der Waals surface area contributed by atoms with E-state index in [1.807, 2.05) is 29.8 Å². The topological polar surface area (TPSA) is 50.9 Å². The molecule has 0 saturated heterocycles. The first-order valence-electron chi connectivity index (χ1n) is 5.80. The number of nitrogen functional groups attached to an aromatic ring is 1. The van der Waals surface area contributed by atoms with E-state index in [9.17, 15) is 0 Å². The second-order valence-electron chi connectivity index (χ2n) is 4.31. The summed E-state index contributed by atoms with van der Waals surface area (Å²) in [6.07, 6.45) is 0. The molecule has 3 N–H and O–H groups in total. The van der Waals surface area contributed by atoms with E-state index in [0.29, 0.717) is 5.69 Å². The minimum atomic E-state index is 0.694. The van der Waals surface area contributed by atoms with Crippen molar-refractivity contribution in [3.8, 4) is 0 Å². The standard InChI is InChI=1S/C14H12BrN3S/c1-8-6-9(2-3-10(8)15)18-11-4-5-12-14(13(11)16)17-7-19-12/h2-7,18H,16H2,1H3. The van der Waals surface area contributed by atoms with Crippen molar-refractivity contribution in [1.82, 2.24) is 4.98 Å². The predicted molar refractivity (Wildman–Crippen MR) is 86.2 cm³/mol. The molecule has 0 fully saturated rings. The number of benzene rings is 2. The molecule has 96 valence electrons. The molecular weight excluding hydrogens is 322 g/mol. The second-order valence-corrected chi connectivity index (χ2v) is 6.06. The maximum absolute atomic E-state index is 6.15. The lowest BCUT2D eigenvalue weighted by atomic mass is 10.2. The lowest BCUT2D eigenvalue weighted by molar-refractivity contribution is 1.41. The van der Waals surface area contributed by atoms with Gasteiger partial charge in [-0.15, -0.1) is 11.3 Å². The van der Waals surface area contributed by atoms with Gasteiger partial charge in [0.2, 0.25) is 0 Å². The van der Waals surface area contributed by atoms with E-state index in [0.717, 1.165) is 26.1 Å². The molecule has 0 aliphatic carbocycles. The van der Waals surface area contributed by atoms with Crippen molar-refractivity contribution in [1.29, 1.82) is 0 Å². The van der Waals surface area contributed by atoms with Gasteiger partial charge in [0.05, 0.1) is 21.6 Å². The molecule has 0 unspecified atom stereocenters. The van der Waals surface area contributed by atoms with E-state index in [-0.39, 0.29) is 0 Å². The quantitative estimate of drug-likeness (QED) is 0.668. The summed E-state index contributed by atoms with van der Waals surface area (Å²) in [5.41, 5.74) is 12.6. The zero-order valence-corrected chi connectivity index (χ0v) is 12.7. The number of hydrogen-bond donors (Lipinski definition) is 2. The number of aromatic nitrogens is 1. The third-order valence-corrected chi connectivity index (χ3v) is 4.66. The van der Waals surface area contributed by atoms with Crippen molar-refractivity contribution < 1.29 is 0 Å². The van der Waals surface area contributed by atoms with Gasteiger partial charge < -0.3 is 11.1 Å². The number of nitrogens with zero attached hydrogens (tertiary/aromatic N) is 1. The second kappa shape index (κ2) is 4.83. The Morgan fingerprint density at radius 2 is 2.11 bits per heavy atom. The molecule has 1 heterocycles. The van der Waals surface area contributed by atoms with Gasteiger partial charge in [-0.3, -0.25) is 0 Å². The van der Waals surface area contributed by atoms with E-state index >= 15 is 0 Å².